The summed E-state index contributed by atoms with van der Waals surface area (Å²) in [6.07, 6.45) is 0. The summed E-state index contributed by atoms with van der Waals surface area (Å²) in [6, 6.07) is 8.92. The lowest BCUT2D eigenvalue weighted by atomic mass is 9.88. The molecule has 0 radical (unpaired) electrons. The Balaban J connectivity index is 2.60. The lowest BCUT2D eigenvalue weighted by molar-refractivity contribution is -0.117. The molecule has 2 unspecified atom stereocenters. The highest BCUT2D eigenvalue weighted by molar-refractivity contribution is 9.10. The lowest BCUT2D eigenvalue weighted by Crippen LogP contribution is -2.26. The monoisotopic (exact) mass is 373 g/mol. The molecule has 1 heterocycles. The normalized spacial score (nSPS) is 15.6. The number of halogens is 2. The zero-order chi connectivity index (χ0) is 14.9. The van der Waals surface area contributed by atoms with E-state index >= 15 is 0 Å². The topological polar surface area (TPSA) is 63.3 Å². The third kappa shape index (κ3) is 2.91. The standard InChI is InChI=1S/C14H13BrClNO2S/c1-14(19,11-3-2-6-20-11)10-7-8(15)4-5-9(10)12(16)13(17)18/h2-7,12,19H,1H3,(H2,17,18). The van der Waals surface area contributed by atoms with Gasteiger partial charge < -0.3 is 10.8 Å². The molecule has 0 bridgehead atoms. The fourth-order valence-corrected chi connectivity index (χ4v) is 3.36. The van der Waals surface area contributed by atoms with Gasteiger partial charge in [0.15, 0.2) is 0 Å². The SMILES string of the molecule is CC(O)(c1cccs1)c1cc(Br)ccc1C(Cl)C(N)=O. The molecule has 3 nitrogen and oxygen atoms in total. The van der Waals surface area contributed by atoms with Crippen LogP contribution in [0.5, 0.6) is 0 Å². The van der Waals surface area contributed by atoms with E-state index in [1.165, 1.54) is 11.3 Å². The Morgan fingerprint density at radius 3 is 2.75 bits per heavy atom. The first-order chi connectivity index (χ1) is 9.34. The first kappa shape index (κ1) is 15.5. The zero-order valence-corrected chi connectivity index (χ0v) is 13.8. The minimum atomic E-state index is -1.24. The fraction of sp³-hybridized carbons (Fsp3) is 0.214. The number of benzene rings is 1. The summed E-state index contributed by atoms with van der Waals surface area (Å²) in [5.74, 6) is -0.641. The summed E-state index contributed by atoms with van der Waals surface area (Å²) in [4.78, 5) is 12.1. The molecule has 0 saturated carbocycles. The number of hydrogen-bond acceptors (Lipinski definition) is 3. The van der Waals surface area contributed by atoms with Gasteiger partial charge in [-0.3, -0.25) is 4.79 Å². The van der Waals surface area contributed by atoms with E-state index in [0.717, 1.165) is 9.35 Å². The third-order valence-corrected chi connectivity index (χ3v) is 5.09. The van der Waals surface area contributed by atoms with Crippen LogP contribution in [0.1, 0.15) is 28.3 Å². The lowest BCUT2D eigenvalue weighted by Gasteiger charge is -2.26. The van der Waals surface area contributed by atoms with Crippen molar-refractivity contribution in [2.24, 2.45) is 5.73 Å². The van der Waals surface area contributed by atoms with Crippen molar-refractivity contribution in [3.63, 3.8) is 0 Å². The van der Waals surface area contributed by atoms with E-state index < -0.39 is 16.9 Å². The Labute approximate surface area is 134 Å². The summed E-state index contributed by atoms with van der Waals surface area (Å²) < 4.78 is 0.793. The minimum Gasteiger partial charge on any atom is -0.380 e. The van der Waals surface area contributed by atoms with E-state index in [1.807, 2.05) is 17.5 Å². The van der Waals surface area contributed by atoms with Crippen molar-refractivity contribution in [2.75, 3.05) is 0 Å². The summed E-state index contributed by atoms with van der Waals surface area (Å²) in [7, 11) is 0. The van der Waals surface area contributed by atoms with Gasteiger partial charge in [0.25, 0.3) is 0 Å². The molecule has 2 aromatic rings. The summed E-state index contributed by atoms with van der Waals surface area (Å²) >= 11 is 10.9. The molecule has 0 aliphatic heterocycles. The summed E-state index contributed by atoms with van der Waals surface area (Å²) in [5.41, 5.74) is 5.11. The maximum Gasteiger partial charge on any atom is 0.240 e. The smallest absolute Gasteiger partial charge is 0.240 e. The highest BCUT2D eigenvalue weighted by Crippen LogP contribution is 2.39. The Hall–Kier alpha value is -0.880. The average molecular weight is 375 g/mol. The van der Waals surface area contributed by atoms with E-state index in [0.29, 0.717) is 11.1 Å². The Morgan fingerprint density at radius 1 is 1.50 bits per heavy atom. The molecular weight excluding hydrogens is 362 g/mol. The van der Waals surface area contributed by atoms with Crippen molar-refractivity contribution in [1.82, 2.24) is 0 Å². The predicted octanol–water partition coefficient (Wildman–Crippen LogP) is 3.53. The molecule has 2 atom stereocenters. The molecule has 3 N–H and O–H groups in total. The fourth-order valence-electron chi connectivity index (χ4n) is 2.01. The van der Waals surface area contributed by atoms with Gasteiger partial charge in [-0.2, -0.15) is 0 Å². The molecule has 1 aromatic carbocycles. The van der Waals surface area contributed by atoms with Crippen molar-refractivity contribution in [2.45, 2.75) is 17.9 Å². The van der Waals surface area contributed by atoms with Crippen LogP contribution in [-0.4, -0.2) is 11.0 Å². The molecule has 2 rings (SSSR count). The molecule has 0 aliphatic rings. The molecule has 0 aliphatic carbocycles. The van der Waals surface area contributed by atoms with Crippen LogP contribution in [0.2, 0.25) is 0 Å². The Morgan fingerprint density at radius 2 is 2.20 bits per heavy atom. The maximum atomic E-state index is 11.3. The van der Waals surface area contributed by atoms with Gasteiger partial charge in [-0.1, -0.05) is 28.1 Å². The van der Waals surface area contributed by atoms with Gasteiger partial charge in [0.1, 0.15) is 11.0 Å². The number of nitrogens with two attached hydrogens (primary N) is 1. The van der Waals surface area contributed by atoms with Crippen molar-refractivity contribution in [3.05, 3.63) is 56.2 Å². The second kappa shape index (κ2) is 5.85. The first-order valence-corrected chi connectivity index (χ1v) is 7.94. The maximum absolute atomic E-state index is 11.3. The van der Waals surface area contributed by atoms with Crippen molar-refractivity contribution >= 4 is 44.8 Å². The number of carbonyl (C=O) groups is 1. The van der Waals surface area contributed by atoms with Crippen LogP contribution in [0.25, 0.3) is 0 Å². The number of primary amides is 1. The second-order valence-electron chi connectivity index (χ2n) is 4.55. The van der Waals surface area contributed by atoms with Gasteiger partial charge in [0.2, 0.25) is 5.91 Å². The van der Waals surface area contributed by atoms with Crippen molar-refractivity contribution < 1.29 is 9.90 Å². The van der Waals surface area contributed by atoms with Gasteiger partial charge >= 0.3 is 0 Å². The highest BCUT2D eigenvalue weighted by atomic mass is 79.9. The third-order valence-electron chi connectivity index (χ3n) is 3.06. The molecular formula is C14H13BrClNO2S. The summed E-state index contributed by atoms with van der Waals surface area (Å²) in [6.45, 7) is 1.68. The van der Waals surface area contributed by atoms with E-state index in [2.05, 4.69) is 15.9 Å². The van der Waals surface area contributed by atoms with Crippen LogP contribution in [0.3, 0.4) is 0 Å². The minimum absolute atomic E-state index is 0.515. The predicted molar refractivity (Wildman–Crippen MR) is 84.9 cm³/mol. The second-order valence-corrected chi connectivity index (χ2v) is 6.85. The van der Waals surface area contributed by atoms with Gasteiger partial charge in [0, 0.05) is 9.35 Å². The number of amides is 1. The molecule has 0 saturated heterocycles. The van der Waals surface area contributed by atoms with Gasteiger partial charge in [-0.15, -0.1) is 22.9 Å². The quantitative estimate of drug-likeness (QED) is 0.804. The zero-order valence-electron chi connectivity index (χ0n) is 10.6. The van der Waals surface area contributed by atoms with E-state index in [-0.39, 0.29) is 0 Å². The molecule has 20 heavy (non-hydrogen) atoms. The number of thiophene rings is 1. The van der Waals surface area contributed by atoms with E-state index in [1.54, 1.807) is 25.1 Å². The van der Waals surface area contributed by atoms with Crippen LogP contribution >= 0.6 is 38.9 Å². The number of aliphatic hydroxyl groups is 1. The van der Waals surface area contributed by atoms with Crippen molar-refractivity contribution in [1.29, 1.82) is 0 Å². The molecule has 1 amide bonds. The number of carbonyl (C=O) groups excluding carboxylic acids is 1. The number of hydrogen-bond donors (Lipinski definition) is 2. The average Bonchev–Trinajstić information content (AvgIpc) is 2.92. The number of rotatable bonds is 4. The Kier molecular flexibility index (Phi) is 4.54. The van der Waals surface area contributed by atoms with Gasteiger partial charge in [0.05, 0.1) is 0 Å². The first-order valence-electron chi connectivity index (χ1n) is 5.83. The van der Waals surface area contributed by atoms with Crippen LogP contribution < -0.4 is 5.73 Å². The highest BCUT2D eigenvalue weighted by Gasteiger charge is 2.32. The van der Waals surface area contributed by atoms with E-state index in [4.69, 9.17) is 17.3 Å². The molecule has 6 heteroatoms. The largest absolute Gasteiger partial charge is 0.380 e. The van der Waals surface area contributed by atoms with Gasteiger partial charge in [-0.05, 0) is 41.6 Å². The molecule has 1 aromatic heterocycles. The molecule has 0 fully saturated rings. The van der Waals surface area contributed by atoms with Crippen LogP contribution in [0, 0.1) is 0 Å². The number of alkyl halides is 1. The molecule has 106 valence electrons. The van der Waals surface area contributed by atoms with Crippen molar-refractivity contribution in [3.8, 4) is 0 Å². The summed E-state index contributed by atoms with van der Waals surface area (Å²) in [5, 5.41) is 11.8. The van der Waals surface area contributed by atoms with Gasteiger partial charge in [-0.25, -0.2) is 0 Å². The van der Waals surface area contributed by atoms with Crippen LogP contribution in [-0.2, 0) is 10.4 Å². The van der Waals surface area contributed by atoms with Crippen LogP contribution in [0.4, 0.5) is 0 Å². The molecule has 0 spiro atoms. The van der Waals surface area contributed by atoms with E-state index in [9.17, 15) is 9.90 Å². The Bertz CT molecular complexity index is 628. The van der Waals surface area contributed by atoms with Crippen LogP contribution in [0.15, 0.2) is 40.2 Å².